The quantitative estimate of drug-likeness (QED) is 0.674. The summed E-state index contributed by atoms with van der Waals surface area (Å²) in [6, 6.07) is 16.3. The van der Waals surface area contributed by atoms with Gasteiger partial charge >= 0.3 is 0 Å². The molecule has 1 saturated heterocycles. The second-order valence-electron chi connectivity index (χ2n) is 8.11. The van der Waals surface area contributed by atoms with E-state index in [9.17, 15) is 9.59 Å². The van der Waals surface area contributed by atoms with Crippen molar-refractivity contribution in [2.45, 2.75) is 13.8 Å². The lowest BCUT2D eigenvalue weighted by molar-refractivity contribution is -0.138. The maximum Gasteiger partial charge on any atom is 0.277 e. The van der Waals surface area contributed by atoms with Crippen LogP contribution in [0.2, 0.25) is 0 Å². The highest BCUT2D eigenvalue weighted by molar-refractivity contribution is 6.35. The minimum absolute atomic E-state index is 0.217. The van der Waals surface area contributed by atoms with E-state index < -0.39 is 0 Å². The van der Waals surface area contributed by atoms with E-state index in [0.29, 0.717) is 31.0 Å². The molecule has 2 amide bonds. The van der Waals surface area contributed by atoms with Crippen molar-refractivity contribution in [1.29, 1.82) is 0 Å². The van der Waals surface area contributed by atoms with Crippen LogP contribution in [-0.2, 0) is 14.3 Å². The van der Waals surface area contributed by atoms with E-state index in [-0.39, 0.29) is 18.4 Å². The van der Waals surface area contributed by atoms with Gasteiger partial charge in [-0.25, -0.2) is 0 Å². The van der Waals surface area contributed by atoms with Crippen molar-refractivity contribution in [3.05, 3.63) is 70.9 Å². The predicted molar refractivity (Wildman–Crippen MR) is 122 cm³/mol. The van der Waals surface area contributed by atoms with Crippen molar-refractivity contribution < 1.29 is 14.3 Å². The summed E-state index contributed by atoms with van der Waals surface area (Å²) >= 11 is 0. The Bertz CT molecular complexity index is 1010. The third kappa shape index (κ3) is 4.08. The maximum absolute atomic E-state index is 13.4. The molecule has 2 aromatic rings. The summed E-state index contributed by atoms with van der Waals surface area (Å²) in [6.07, 6.45) is 0. The number of amides is 2. The van der Waals surface area contributed by atoms with Gasteiger partial charge in [0.25, 0.3) is 11.8 Å². The largest absolute Gasteiger partial charge is 0.383 e. The SMILES string of the molecule is COCCN1C(=O)C(c2ccc(C)cc2C)=C(N2CCN(c3ccccc3)CC2)C1=O. The van der Waals surface area contributed by atoms with Gasteiger partial charge in [-0.1, -0.05) is 42.0 Å². The lowest BCUT2D eigenvalue weighted by Crippen LogP contribution is -2.47. The monoisotopic (exact) mass is 419 g/mol. The molecule has 2 aromatic carbocycles. The molecule has 0 atom stereocenters. The van der Waals surface area contributed by atoms with E-state index in [1.54, 1.807) is 7.11 Å². The first-order valence-corrected chi connectivity index (χ1v) is 10.7. The van der Waals surface area contributed by atoms with Gasteiger partial charge < -0.3 is 14.5 Å². The van der Waals surface area contributed by atoms with Gasteiger partial charge in [-0.3, -0.25) is 14.5 Å². The number of ether oxygens (including phenoxy) is 1. The predicted octanol–water partition coefficient (Wildman–Crippen LogP) is 2.85. The number of carbonyl (C=O) groups excluding carboxylic acids is 2. The molecule has 6 nitrogen and oxygen atoms in total. The van der Waals surface area contributed by atoms with Crippen LogP contribution in [0.5, 0.6) is 0 Å². The fourth-order valence-corrected chi connectivity index (χ4v) is 4.41. The zero-order valence-electron chi connectivity index (χ0n) is 18.4. The highest BCUT2D eigenvalue weighted by Crippen LogP contribution is 2.34. The topological polar surface area (TPSA) is 53.1 Å². The molecule has 162 valence electrons. The van der Waals surface area contributed by atoms with Gasteiger partial charge in [0.05, 0.1) is 18.7 Å². The van der Waals surface area contributed by atoms with Crippen molar-refractivity contribution in [2.24, 2.45) is 0 Å². The van der Waals surface area contributed by atoms with Crippen LogP contribution >= 0.6 is 0 Å². The molecule has 0 N–H and O–H groups in total. The Morgan fingerprint density at radius 1 is 0.871 bits per heavy atom. The van der Waals surface area contributed by atoms with E-state index in [2.05, 4.69) is 28.0 Å². The van der Waals surface area contributed by atoms with E-state index in [1.165, 1.54) is 10.6 Å². The summed E-state index contributed by atoms with van der Waals surface area (Å²) in [5.74, 6) is -0.445. The molecule has 0 spiro atoms. The lowest BCUT2D eigenvalue weighted by atomic mass is 9.97. The number of hydrogen-bond donors (Lipinski definition) is 0. The minimum Gasteiger partial charge on any atom is -0.383 e. The molecule has 0 aliphatic carbocycles. The molecular weight excluding hydrogens is 390 g/mol. The highest BCUT2D eigenvalue weighted by Gasteiger charge is 2.42. The van der Waals surface area contributed by atoms with E-state index >= 15 is 0 Å². The Balaban J connectivity index is 1.66. The average Bonchev–Trinajstić information content (AvgIpc) is 3.02. The minimum atomic E-state index is -0.227. The van der Waals surface area contributed by atoms with Crippen LogP contribution in [0.3, 0.4) is 0 Å². The van der Waals surface area contributed by atoms with E-state index in [1.807, 2.05) is 44.2 Å². The summed E-state index contributed by atoms with van der Waals surface area (Å²) < 4.78 is 5.14. The molecule has 31 heavy (non-hydrogen) atoms. The molecule has 4 rings (SSSR count). The highest BCUT2D eigenvalue weighted by atomic mass is 16.5. The Morgan fingerprint density at radius 3 is 2.19 bits per heavy atom. The number of aryl methyl sites for hydroxylation is 2. The third-order valence-corrected chi connectivity index (χ3v) is 6.03. The van der Waals surface area contributed by atoms with Gasteiger partial charge in [0, 0.05) is 39.0 Å². The lowest BCUT2D eigenvalue weighted by Gasteiger charge is -2.37. The van der Waals surface area contributed by atoms with Gasteiger partial charge in [0.1, 0.15) is 5.70 Å². The Labute approximate surface area is 183 Å². The number of carbonyl (C=O) groups is 2. The molecule has 2 aliphatic rings. The summed E-state index contributed by atoms with van der Waals surface area (Å²) in [5, 5.41) is 0. The van der Waals surface area contributed by atoms with Crippen LogP contribution in [0.15, 0.2) is 54.2 Å². The second-order valence-corrected chi connectivity index (χ2v) is 8.11. The van der Waals surface area contributed by atoms with Crippen molar-refractivity contribution in [3.63, 3.8) is 0 Å². The van der Waals surface area contributed by atoms with Crippen molar-refractivity contribution >= 4 is 23.1 Å². The van der Waals surface area contributed by atoms with Crippen molar-refractivity contribution in [3.8, 4) is 0 Å². The molecular formula is C25H29N3O3. The van der Waals surface area contributed by atoms with Gasteiger partial charge in [-0.05, 0) is 37.1 Å². The molecule has 1 fully saturated rings. The number of benzene rings is 2. The maximum atomic E-state index is 13.4. The first kappa shape index (κ1) is 21.1. The molecule has 0 radical (unpaired) electrons. The zero-order valence-corrected chi connectivity index (χ0v) is 18.4. The Kier molecular flexibility index (Phi) is 6.09. The molecule has 2 heterocycles. The zero-order chi connectivity index (χ0) is 22.0. The van der Waals surface area contributed by atoms with Crippen LogP contribution in [0.1, 0.15) is 16.7 Å². The van der Waals surface area contributed by atoms with Gasteiger partial charge in [-0.15, -0.1) is 0 Å². The number of imide groups is 1. The molecule has 0 saturated carbocycles. The first-order valence-electron chi connectivity index (χ1n) is 10.7. The first-order chi connectivity index (χ1) is 15.0. The summed E-state index contributed by atoms with van der Waals surface area (Å²) in [6.45, 7) is 7.59. The van der Waals surface area contributed by atoms with E-state index in [4.69, 9.17) is 4.74 Å². The fourth-order valence-electron chi connectivity index (χ4n) is 4.41. The summed E-state index contributed by atoms with van der Waals surface area (Å²) in [5.41, 5.74) is 5.20. The summed E-state index contributed by atoms with van der Waals surface area (Å²) in [7, 11) is 1.58. The smallest absolute Gasteiger partial charge is 0.277 e. The van der Waals surface area contributed by atoms with Crippen LogP contribution < -0.4 is 4.90 Å². The van der Waals surface area contributed by atoms with Crippen molar-refractivity contribution in [2.75, 3.05) is 51.3 Å². The second kappa shape index (κ2) is 8.94. The van der Waals surface area contributed by atoms with Crippen LogP contribution in [0, 0.1) is 13.8 Å². The van der Waals surface area contributed by atoms with Crippen LogP contribution in [0.4, 0.5) is 5.69 Å². The average molecular weight is 420 g/mol. The number of methoxy groups -OCH3 is 1. The Morgan fingerprint density at radius 2 is 1.55 bits per heavy atom. The number of rotatable bonds is 6. The molecule has 0 unspecified atom stereocenters. The van der Waals surface area contributed by atoms with Crippen molar-refractivity contribution in [1.82, 2.24) is 9.80 Å². The van der Waals surface area contributed by atoms with Gasteiger partial charge in [0.2, 0.25) is 0 Å². The van der Waals surface area contributed by atoms with Gasteiger partial charge in [-0.2, -0.15) is 0 Å². The molecule has 0 aromatic heterocycles. The molecule has 2 aliphatic heterocycles. The molecule has 0 bridgehead atoms. The van der Waals surface area contributed by atoms with Gasteiger partial charge in [0.15, 0.2) is 0 Å². The van der Waals surface area contributed by atoms with Crippen LogP contribution in [-0.4, -0.2) is 68.1 Å². The number of hydrogen-bond acceptors (Lipinski definition) is 5. The van der Waals surface area contributed by atoms with Crippen LogP contribution in [0.25, 0.3) is 5.57 Å². The summed E-state index contributed by atoms with van der Waals surface area (Å²) in [4.78, 5) is 32.5. The van der Waals surface area contributed by atoms with E-state index in [0.717, 1.165) is 29.8 Å². The Hall–Kier alpha value is -3.12. The standard InChI is InChI=1S/C25H29N3O3/c1-18-9-10-21(19(2)17-18)22-23(25(30)28(24(22)29)15-16-31-3)27-13-11-26(12-14-27)20-7-5-4-6-8-20/h4-10,17H,11-16H2,1-3H3. The number of nitrogens with zero attached hydrogens (tertiary/aromatic N) is 3. The fraction of sp³-hybridized carbons (Fsp3) is 0.360. The number of para-hydroxylation sites is 1. The normalized spacial score (nSPS) is 17.2. The third-order valence-electron chi connectivity index (χ3n) is 6.03. The number of piperazine rings is 1. The molecule has 6 heteroatoms. The number of anilines is 1.